The lowest BCUT2D eigenvalue weighted by Crippen LogP contribution is -2.31. The molecule has 1 fully saturated rings. The van der Waals surface area contributed by atoms with E-state index in [0.29, 0.717) is 5.11 Å². The van der Waals surface area contributed by atoms with E-state index in [1.54, 1.807) is 7.05 Å². The highest BCUT2D eigenvalue weighted by molar-refractivity contribution is 7.80. The summed E-state index contributed by atoms with van der Waals surface area (Å²) in [6, 6.07) is 5.92. The number of halogens is 1. The summed E-state index contributed by atoms with van der Waals surface area (Å²) in [5, 5.41) is 7.44. The van der Waals surface area contributed by atoms with Crippen LogP contribution in [0.25, 0.3) is 0 Å². The lowest BCUT2D eigenvalue weighted by molar-refractivity contribution is 0.578. The summed E-state index contributed by atoms with van der Waals surface area (Å²) in [4.78, 5) is 2.39. The second-order valence-corrected chi connectivity index (χ2v) is 5.26. The molecule has 0 bridgehead atoms. The molecule has 2 rings (SSSR count). The van der Waals surface area contributed by atoms with E-state index in [9.17, 15) is 0 Å². The first-order valence-electron chi connectivity index (χ1n) is 6.24. The van der Waals surface area contributed by atoms with E-state index < -0.39 is 0 Å². The van der Waals surface area contributed by atoms with E-state index in [-0.39, 0.29) is 0 Å². The topological polar surface area (TPSA) is 27.3 Å². The minimum absolute atomic E-state index is 0.607. The van der Waals surface area contributed by atoms with Crippen LogP contribution < -0.4 is 15.5 Å². The van der Waals surface area contributed by atoms with E-state index in [0.717, 1.165) is 23.8 Å². The molecule has 0 radical (unpaired) electrons. The van der Waals surface area contributed by atoms with Crippen molar-refractivity contribution >= 4 is 40.3 Å². The maximum Gasteiger partial charge on any atom is 0.170 e. The van der Waals surface area contributed by atoms with Gasteiger partial charge in [-0.05, 0) is 49.7 Å². The lowest BCUT2D eigenvalue weighted by atomic mass is 10.1. The van der Waals surface area contributed by atoms with Gasteiger partial charge < -0.3 is 15.5 Å². The first-order chi connectivity index (χ1) is 8.70. The van der Waals surface area contributed by atoms with Crippen molar-refractivity contribution in [1.29, 1.82) is 0 Å². The molecule has 0 aliphatic carbocycles. The fourth-order valence-electron chi connectivity index (χ4n) is 2.20. The minimum atomic E-state index is 0.607. The molecule has 0 aromatic heterocycles. The van der Waals surface area contributed by atoms with Gasteiger partial charge in [-0.25, -0.2) is 0 Å². The fourth-order valence-corrected chi connectivity index (χ4v) is 2.49. The van der Waals surface area contributed by atoms with Gasteiger partial charge in [-0.3, -0.25) is 0 Å². The van der Waals surface area contributed by atoms with Gasteiger partial charge in [0.1, 0.15) is 0 Å². The van der Waals surface area contributed by atoms with Gasteiger partial charge in [0.05, 0.1) is 11.4 Å². The van der Waals surface area contributed by atoms with Crippen LogP contribution in [-0.2, 0) is 0 Å². The van der Waals surface area contributed by atoms with E-state index in [4.69, 9.17) is 23.8 Å². The van der Waals surface area contributed by atoms with Crippen LogP contribution in [0.2, 0.25) is 5.02 Å². The minimum Gasteiger partial charge on any atom is -0.370 e. The van der Waals surface area contributed by atoms with Crippen LogP contribution in [0.5, 0.6) is 0 Å². The predicted octanol–water partition coefficient (Wildman–Crippen LogP) is 3.25. The molecule has 2 N–H and O–H groups in total. The second kappa shape index (κ2) is 6.25. The zero-order valence-electron chi connectivity index (χ0n) is 10.5. The van der Waals surface area contributed by atoms with Crippen molar-refractivity contribution in [1.82, 2.24) is 5.32 Å². The van der Waals surface area contributed by atoms with Crippen LogP contribution in [0.15, 0.2) is 18.2 Å². The molecule has 1 saturated heterocycles. The number of nitrogens with zero attached hydrogens (tertiary/aromatic N) is 1. The van der Waals surface area contributed by atoms with Crippen LogP contribution in [0, 0.1) is 0 Å². The third kappa shape index (κ3) is 3.27. The van der Waals surface area contributed by atoms with Crippen LogP contribution >= 0.6 is 23.8 Å². The highest BCUT2D eigenvalue weighted by atomic mass is 35.5. The number of rotatable bonds is 2. The van der Waals surface area contributed by atoms with Gasteiger partial charge in [0, 0.05) is 25.2 Å². The molecular weight excluding hydrogens is 266 g/mol. The maximum absolute atomic E-state index is 6.06. The number of anilines is 2. The van der Waals surface area contributed by atoms with Crippen LogP contribution in [-0.4, -0.2) is 25.2 Å². The normalized spacial score (nSPS) is 15.3. The Kier molecular flexibility index (Phi) is 4.66. The quantitative estimate of drug-likeness (QED) is 0.815. The molecule has 1 aromatic rings. The molecule has 1 heterocycles. The molecule has 98 valence electrons. The molecule has 0 atom stereocenters. The Morgan fingerprint density at radius 2 is 2.00 bits per heavy atom. The van der Waals surface area contributed by atoms with Crippen molar-refractivity contribution in [3.05, 3.63) is 23.2 Å². The first-order valence-corrected chi connectivity index (χ1v) is 7.02. The number of hydrogen-bond acceptors (Lipinski definition) is 2. The molecule has 0 spiro atoms. The van der Waals surface area contributed by atoms with Crippen LogP contribution in [0.4, 0.5) is 11.4 Å². The third-order valence-electron chi connectivity index (χ3n) is 3.13. The molecule has 0 saturated carbocycles. The van der Waals surface area contributed by atoms with Crippen molar-refractivity contribution in [3.63, 3.8) is 0 Å². The summed E-state index contributed by atoms with van der Waals surface area (Å²) in [7, 11) is 1.81. The molecule has 1 aliphatic rings. The molecule has 0 unspecified atom stereocenters. The average Bonchev–Trinajstić information content (AvgIpc) is 2.40. The van der Waals surface area contributed by atoms with Crippen molar-refractivity contribution in [2.24, 2.45) is 0 Å². The predicted molar refractivity (Wildman–Crippen MR) is 82.8 cm³/mol. The van der Waals surface area contributed by atoms with Gasteiger partial charge in [0.15, 0.2) is 5.11 Å². The van der Waals surface area contributed by atoms with E-state index in [2.05, 4.69) is 21.6 Å². The standard InChI is InChI=1S/C13H18ClN3S/c1-15-13(18)16-11-9-10(14)5-6-12(11)17-7-3-2-4-8-17/h5-6,9H,2-4,7-8H2,1H3,(H2,15,16,18). The molecule has 18 heavy (non-hydrogen) atoms. The monoisotopic (exact) mass is 283 g/mol. The first kappa shape index (κ1) is 13.4. The van der Waals surface area contributed by atoms with Gasteiger partial charge in [-0.15, -0.1) is 0 Å². The van der Waals surface area contributed by atoms with Gasteiger partial charge in [0.2, 0.25) is 0 Å². The molecular formula is C13H18ClN3S. The van der Waals surface area contributed by atoms with Gasteiger partial charge in [0.25, 0.3) is 0 Å². The summed E-state index contributed by atoms with van der Waals surface area (Å²) < 4.78 is 0. The Hall–Kier alpha value is -1.00. The summed E-state index contributed by atoms with van der Waals surface area (Å²) in [5.74, 6) is 0. The fraction of sp³-hybridized carbons (Fsp3) is 0.462. The van der Waals surface area contributed by atoms with Gasteiger partial charge in [-0.1, -0.05) is 11.6 Å². The highest BCUT2D eigenvalue weighted by Crippen LogP contribution is 2.31. The highest BCUT2D eigenvalue weighted by Gasteiger charge is 2.15. The van der Waals surface area contributed by atoms with Crippen molar-refractivity contribution in [2.45, 2.75) is 19.3 Å². The largest absolute Gasteiger partial charge is 0.370 e. The Bertz CT molecular complexity index is 430. The maximum atomic E-state index is 6.06. The zero-order valence-corrected chi connectivity index (χ0v) is 12.1. The summed E-state index contributed by atoms with van der Waals surface area (Å²) >= 11 is 11.2. The second-order valence-electron chi connectivity index (χ2n) is 4.41. The van der Waals surface area contributed by atoms with Gasteiger partial charge >= 0.3 is 0 Å². The average molecular weight is 284 g/mol. The van der Waals surface area contributed by atoms with Gasteiger partial charge in [-0.2, -0.15) is 0 Å². The molecule has 0 amide bonds. The van der Waals surface area contributed by atoms with Crippen LogP contribution in [0.3, 0.4) is 0 Å². The molecule has 1 aliphatic heterocycles. The smallest absolute Gasteiger partial charge is 0.170 e. The Morgan fingerprint density at radius 3 is 2.67 bits per heavy atom. The number of hydrogen-bond donors (Lipinski definition) is 2. The van der Waals surface area contributed by atoms with E-state index in [1.807, 2.05) is 12.1 Å². The van der Waals surface area contributed by atoms with Crippen molar-refractivity contribution < 1.29 is 0 Å². The van der Waals surface area contributed by atoms with E-state index in [1.165, 1.54) is 24.9 Å². The Labute approximate surface area is 119 Å². The van der Waals surface area contributed by atoms with Crippen molar-refractivity contribution in [3.8, 4) is 0 Å². The Morgan fingerprint density at radius 1 is 1.28 bits per heavy atom. The molecule has 1 aromatic carbocycles. The summed E-state index contributed by atoms with van der Waals surface area (Å²) in [6.07, 6.45) is 3.82. The molecule has 5 heteroatoms. The number of piperidine rings is 1. The zero-order chi connectivity index (χ0) is 13.0. The number of benzene rings is 1. The molecule has 3 nitrogen and oxygen atoms in total. The number of thiocarbonyl (C=S) groups is 1. The van der Waals surface area contributed by atoms with Crippen LogP contribution in [0.1, 0.15) is 19.3 Å². The number of nitrogens with one attached hydrogen (secondary N) is 2. The SMILES string of the molecule is CNC(=S)Nc1cc(Cl)ccc1N1CCCCC1. The third-order valence-corrected chi connectivity index (χ3v) is 3.67. The Balaban J connectivity index is 2.24. The lowest BCUT2D eigenvalue weighted by Gasteiger charge is -2.30. The van der Waals surface area contributed by atoms with E-state index >= 15 is 0 Å². The summed E-state index contributed by atoms with van der Waals surface area (Å²) in [5.41, 5.74) is 2.15. The summed E-state index contributed by atoms with van der Waals surface area (Å²) in [6.45, 7) is 2.20. The van der Waals surface area contributed by atoms with Crippen molar-refractivity contribution in [2.75, 3.05) is 30.4 Å².